The fourth-order valence-electron chi connectivity index (χ4n) is 1.20. The highest BCUT2D eigenvalue weighted by Gasteiger charge is 2.09. The molecule has 1 aromatic rings. The van der Waals surface area contributed by atoms with Crippen molar-refractivity contribution < 1.29 is 0 Å². The van der Waals surface area contributed by atoms with Crippen molar-refractivity contribution in [1.29, 1.82) is 0 Å². The smallest absolute Gasteiger partial charge is 0.146 e. The number of likely N-dealkylation sites (N-methyl/N-ethyl adjacent to an activating group) is 1. The van der Waals surface area contributed by atoms with Gasteiger partial charge in [-0.15, -0.1) is 0 Å². The highest BCUT2D eigenvalue weighted by atomic mass is 79.9. The summed E-state index contributed by atoms with van der Waals surface area (Å²) in [5, 5.41) is 0. The van der Waals surface area contributed by atoms with Crippen LogP contribution in [0.4, 0.5) is 5.82 Å². The van der Waals surface area contributed by atoms with Crippen LogP contribution in [0.15, 0.2) is 29.1 Å². The Labute approximate surface area is 93.0 Å². The number of rotatable bonds is 4. The van der Waals surface area contributed by atoms with Crippen LogP contribution in [0.3, 0.4) is 0 Å². The maximum atomic E-state index is 4.23. The number of halogens is 1. The molecule has 1 heterocycles. The average molecular weight is 256 g/mol. The third-order valence-electron chi connectivity index (χ3n) is 1.79. The van der Waals surface area contributed by atoms with Gasteiger partial charge in [-0.1, -0.05) is 12.2 Å². The Kier molecular flexibility index (Phi) is 4.07. The van der Waals surface area contributed by atoms with E-state index in [2.05, 4.69) is 44.3 Å². The minimum atomic E-state index is 0.826. The standard InChI is InChI=1S/C10H14BrN3/c1-4-14(6-8(2)3)10-9(11)5-12-7-13-10/h5,7H,2,4,6H2,1,3H3. The van der Waals surface area contributed by atoms with Crippen LogP contribution in [0, 0.1) is 0 Å². The lowest BCUT2D eigenvalue weighted by Gasteiger charge is -2.22. The van der Waals surface area contributed by atoms with E-state index in [1.807, 2.05) is 6.92 Å². The molecule has 0 radical (unpaired) electrons. The monoisotopic (exact) mass is 255 g/mol. The number of anilines is 1. The molecular weight excluding hydrogens is 242 g/mol. The minimum absolute atomic E-state index is 0.826. The largest absolute Gasteiger partial charge is 0.352 e. The molecule has 14 heavy (non-hydrogen) atoms. The van der Waals surface area contributed by atoms with Crippen LogP contribution >= 0.6 is 15.9 Å². The van der Waals surface area contributed by atoms with Gasteiger partial charge in [0, 0.05) is 19.3 Å². The molecule has 0 atom stereocenters. The second-order valence-electron chi connectivity index (χ2n) is 3.17. The van der Waals surface area contributed by atoms with E-state index in [0.717, 1.165) is 29.0 Å². The second kappa shape index (κ2) is 5.10. The molecule has 0 aliphatic rings. The van der Waals surface area contributed by atoms with Crippen molar-refractivity contribution in [3.8, 4) is 0 Å². The second-order valence-corrected chi connectivity index (χ2v) is 4.02. The van der Waals surface area contributed by atoms with Crippen molar-refractivity contribution in [1.82, 2.24) is 9.97 Å². The SMILES string of the molecule is C=C(C)CN(CC)c1ncncc1Br. The highest BCUT2D eigenvalue weighted by molar-refractivity contribution is 9.10. The Balaban J connectivity index is 2.89. The van der Waals surface area contributed by atoms with Gasteiger partial charge in [0.05, 0.1) is 4.47 Å². The molecule has 4 heteroatoms. The van der Waals surface area contributed by atoms with Crippen LogP contribution in [0.1, 0.15) is 13.8 Å². The topological polar surface area (TPSA) is 29.0 Å². The summed E-state index contributed by atoms with van der Waals surface area (Å²) in [5.41, 5.74) is 1.12. The molecule has 1 rings (SSSR count). The first-order chi connectivity index (χ1) is 6.65. The van der Waals surface area contributed by atoms with E-state index in [9.17, 15) is 0 Å². The minimum Gasteiger partial charge on any atom is -0.352 e. The van der Waals surface area contributed by atoms with Crippen LogP contribution in [0.5, 0.6) is 0 Å². The molecule has 0 aliphatic carbocycles. The highest BCUT2D eigenvalue weighted by Crippen LogP contribution is 2.22. The molecule has 0 saturated heterocycles. The van der Waals surface area contributed by atoms with Crippen LogP contribution in [0.25, 0.3) is 0 Å². The summed E-state index contributed by atoms with van der Waals surface area (Å²) in [6, 6.07) is 0. The van der Waals surface area contributed by atoms with Gasteiger partial charge >= 0.3 is 0 Å². The summed E-state index contributed by atoms with van der Waals surface area (Å²) in [6.07, 6.45) is 3.31. The summed E-state index contributed by atoms with van der Waals surface area (Å²) >= 11 is 3.43. The first kappa shape index (κ1) is 11.2. The van der Waals surface area contributed by atoms with E-state index in [1.54, 1.807) is 12.5 Å². The summed E-state index contributed by atoms with van der Waals surface area (Å²) < 4.78 is 0.920. The van der Waals surface area contributed by atoms with Gasteiger partial charge in [0.1, 0.15) is 12.1 Å². The predicted octanol–water partition coefficient (Wildman–Crippen LogP) is 2.64. The van der Waals surface area contributed by atoms with E-state index in [-0.39, 0.29) is 0 Å². The van der Waals surface area contributed by atoms with Gasteiger partial charge in [-0.25, -0.2) is 9.97 Å². The fraction of sp³-hybridized carbons (Fsp3) is 0.400. The first-order valence-corrected chi connectivity index (χ1v) is 5.29. The van der Waals surface area contributed by atoms with Crippen molar-refractivity contribution in [2.75, 3.05) is 18.0 Å². The van der Waals surface area contributed by atoms with Gasteiger partial charge < -0.3 is 4.90 Å². The van der Waals surface area contributed by atoms with Crippen molar-refractivity contribution >= 4 is 21.7 Å². The van der Waals surface area contributed by atoms with Crippen LogP contribution in [0.2, 0.25) is 0 Å². The number of hydrogen-bond acceptors (Lipinski definition) is 3. The van der Waals surface area contributed by atoms with Crippen LogP contribution in [-0.2, 0) is 0 Å². The lowest BCUT2D eigenvalue weighted by molar-refractivity contribution is 0.850. The van der Waals surface area contributed by atoms with Gasteiger partial charge in [0.15, 0.2) is 0 Å². The molecule has 0 aromatic carbocycles. The van der Waals surface area contributed by atoms with Crippen molar-refractivity contribution in [2.24, 2.45) is 0 Å². The Morgan fingerprint density at radius 2 is 2.36 bits per heavy atom. The van der Waals surface area contributed by atoms with Crippen molar-refractivity contribution in [2.45, 2.75) is 13.8 Å². The van der Waals surface area contributed by atoms with Gasteiger partial charge in [0.25, 0.3) is 0 Å². The Morgan fingerprint density at radius 1 is 1.64 bits per heavy atom. The molecule has 0 fully saturated rings. The molecule has 0 N–H and O–H groups in total. The molecule has 0 unspecified atom stereocenters. The van der Waals surface area contributed by atoms with E-state index in [0.29, 0.717) is 0 Å². The van der Waals surface area contributed by atoms with E-state index in [1.165, 1.54) is 0 Å². The third-order valence-corrected chi connectivity index (χ3v) is 2.35. The molecule has 1 aromatic heterocycles. The summed E-state index contributed by atoms with van der Waals surface area (Å²) in [5.74, 6) is 0.922. The molecule has 0 spiro atoms. The van der Waals surface area contributed by atoms with E-state index >= 15 is 0 Å². The number of aromatic nitrogens is 2. The Morgan fingerprint density at radius 3 is 2.86 bits per heavy atom. The molecule has 3 nitrogen and oxygen atoms in total. The van der Waals surface area contributed by atoms with Gasteiger partial charge in [-0.2, -0.15) is 0 Å². The van der Waals surface area contributed by atoms with Crippen LogP contribution < -0.4 is 4.90 Å². The maximum absolute atomic E-state index is 4.23. The molecule has 0 aliphatic heterocycles. The van der Waals surface area contributed by atoms with E-state index < -0.39 is 0 Å². The lowest BCUT2D eigenvalue weighted by atomic mass is 10.3. The zero-order valence-electron chi connectivity index (χ0n) is 8.50. The lowest BCUT2D eigenvalue weighted by Crippen LogP contribution is -2.25. The van der Waals surface area contributed by atoms with Gasteiger partial charge in [-0.05, 0) is 29.8 Å². The zero-order valence-corrected chi connectivity index (χ0v) is 10.1. The van der Waals surface area contributed by atoms with Crippen molar-refractivity contribution in [3.63, 3.8) is 0 Å². The molecule has 0 saturated carbocycles. The van der Waals surface area contributed by atoms with Gasteiger partial charge in [-0.3, -0.25) is 0 Å². The molecule has 76 valence electrons. The Hall–Kier alpha value is -0.900. The summed E-state index contributed by atoms with van der Waals surface area (Å²) in [6.45, 7) is 9.73. The van der Waals surface area contributed by atoms with E-state index in [4.69, 9.17) is 0 Å². The average Bonchev–Trinajstić information content (AvgIpc) is 2.15. The summed E-state index contributed by atoms with van der Waals surface area (Å²) in [4.78, 5) is 10.3. The first-order valence-electron chi connectivity index (χ1n) is 4.50. The van der Waals surface area contributed by atoms with Gasteiger partial charge in [0.2, 0.25) is 0 Å². The summed E-state index contributed by atoms with van der Waals surface area (Å²) in [7, 11) is 0. The molecular formula is C10H14BrN3. The number of hydrogen-bond donors (Lipinski definition) is 0. The Bertz CT molecular complexity index is 325. The predicted molar refractivity (Wildman–Crippen MR) is 62.4 cm³/mol. The zero-order chi connectivity index (χ0) is 10.6. The number of nitrogens with zero attached hydrogens (tertiary/aromatic N) is 3. The third kappa shape index (κ3) is 2.80. The maximum Gasteiger partial charge on any atom is 0.146 e. The quantitative estimate of drug-likeness (QED) is 0.775. The molecule has 0 bridgehead atoms. The van der Waals surface area contributed by atoms with Crippen molar-refractivity contribution in [3.05, 3.63) is 29.1 Å². The van der Waals surface area contributed by atoms with Crippen LogP contribution in [-0.4, -0.2) is 23.1 Å². The fourth-order valence-corrected chi connectivity index (χ4v) is 1.67. The normalized spacial score (nSPS) is 9.93. The molecule has 0 amide bonds.